The van der Waals surface area contributed by atoms with Gasteiger partial charge in [-0.05, 0) is 44.6 Å². The number of methoxy groups -OCH3 is 1. The van der Waals surface area contributed by atoms with Crippen LogP contribution in [0, 0.1) is 0 Å². The van der Waals surface area contributed by atoms with E-state index in [9.17, 15) is 0 Å². The van der Waals surface area contributed by atoms with Gasteiger partial charge in [0, 0.05) is 37.8 Å². The summed E-state index contributed by atoms with van der Waals surface area (Å²) in [5, 5.41) is 0. The van der Waals surface area contributed by atoms with Gasteiger partial charge in [-0.3, -0.25) is 4.90 Å². The lowest BCUT2D eigenvalue weighted by atomic mass is 10.1. The molecule has 1 aromatic carbocycles. The van der Waals surface area contributed by atoms with Crippen LogP contribution in [-0.4, -0.2) is 49.6 Å². The minimum atomic E-state index is 0.564. The van der Waals surface area contributed by atoms with E-state index in [1.165, 1.54) is 24.1 Å². The first-order valence-electron chi connectivity index (χ1n) is 7.42. The Hall–Kier alpha value is -1.10. The Morgan fingerprint density at radius 3 is 2.85 bits per heavy atom. The Labute approximate surface area is 122 Å². The second kappa shape index (κ2) is 7.07. The molecule has 4 heteroatoms. The molecule has 1 unspecified atom stereocenters. The largest absolute Gasteiger partial charge is 0.496 e. The molecule has 1 aliphatic heterocycles. The van der Waals surface area contributed by atoms with Crippen molar-refractivity contribution in [3.05, 3.63) is 29.3 Å². The van der Waals surface area contributed by atoms with Crippen molar-refractivity contribution in [3.63, 3.8) is 0 Å². The predicted molar refractivity (Wildman–Crippen MR) is 82.9 cm³/mol. The third-order valence-electron chi connectivity index (χ3n) is 4.14. The summed E-state index contributed by atoms with van der Waals surface area (Å²) in [4.78, 5) is 4.96. The number of nitrogens with zero attached hydrogens (tertiary/aromatic N) is 2. The van der Waals surface area contributed by atoms with Gasteiger partial charge >= 0.3 is 0 Å². The second-order valence-electron chi connectivity index (χ2n) is 5.79. The minimum Gasteiger partial charge on any atom is -0.496 e. The summed E-state index contributed by atoms with van der Waals surface area (Å²) < 4.78 is 5.50. The number of ether oxygens (including phenoxy) is 1. The van der Waals surface area contributed by atoms with Gasteiger partial charge < -0.3 is 15.4 Å². The fourth-order valence-corrected chi connectivity index (χ4v) is 2.96. The number of hydrogen-bond acceptors (Lipinski definition) is 4. The Balaban J connectivity index is 2.15. The van der Waals surface area contributed by atoms with Crippen LogP contribution < -0.4 is 10.5 Å². The number of likely N-dealkylation sites (N-methyl/N-ethyl adjacent to an activating group) is 1. The highest BCUT2D eigenvalue weighted by Crippen LogP contribution is 2.23. The summed E-state index contributed by atoms with van der Waals surface area (Å²) in [6.45, 7) is 7.27. The Morgan fingerprint density at radius 1 is 1.35 bits per heavy atom. The van der Waals surface area contributed by atoms with Gasteiger partial charge in [-0.25, -0.2) is 0 Å². The maximum Gasteiger partial charge on any atom is 0.123 e. The normalized spacial score (nSPS) is 21.7. The molecule has 112 valence electrons. The third-order valence-corrected chi connectivity index (χ3v) is 4.14. The quantitative estimate of drug-likeness (QED) is 0.909. The summed E-state index contributed by atoms with van der Waals surface area (Å²) in [5.41, 5.74) is 8.16. The van der Waals surface area contributed by atoms with Gasteiger partial charge in [0.05, 0.1) is 7.11 Å². The van der Waals surface area contributed by atoms with Gasteiger partial charge in [0.15, 0.2) is 0 Å². The van der Waals surface area contributed by atoms with Crippen molar-refractivity contribution in [2.45, 2.75) is 32.5 Å². The van der Waals surface area contributed by atoms with Crippen LogP contribution in [0.25, 0.3) is 0 Å². The van der Waals surface area contributed by atoms with Crippen LogP contribution in [0.4, 0.5) is 0 Å². The maximum atomic E-state index is 5.75. The first-order chi connectivity index (χ1) is 9.63. The molecule has 0 radical (unpaired) electrons. The van der Waals surface area contributed by atoms with Gasteiger partial charge in [-0.1, -0.05) is 6.07 Å². The van der Waals surface area contributed by atoms with Crippen molar-refractivity contribution in [1.82, 2.24) is 9.80 Å². The van der Waals surface area contributed by atoms with Gasteiger partial charge in [0.2, 0.25) is 0 Å². The van der Waals surface area contributed by atoms with Crippen molar-refractivity contribution < 1.29 is 4.74 Å². The summed E-state index contributed by atoms with van der Waals surface area (Å²) >= 11 is 0. The van der Waals surface area contributed by atoms with Crippen LogP contribution in [0.15, 0.2) is 18.2 Å². The van der Waals surface area contributed by atoms with E-state index < -0.39 is 0 Å². The summed E-state index contributed by atoms with van der Waals surface area (Å²) in [5.74, 6) is 0.965. The molecule has 1 atom stereocenters. The van der Waals surface area contributed by atoms with Crippen LogP contribution in [0.1, 0.15) is 24.5 Å². The van der Waals surface area contributed by atoms with Crippen molar-refractivity contribution in [2.75, 3.05) is 33.8 Å². The molecule has 1 heterocycles. The zero-order valence-corrected chi connectivity index (χ0v) is 12.9. The smallest absolute Gasteiger partial charge is 0.123 e. The topological polar surface area (TPSA) is 41.7 Å². The molecule has 0 bridgehead atoms. The summed E-state index contributed by atoms with van der Waals surface area (Å²) in [6, 6.07) is 6.82. The predicted octanol–water partition coefficient (Wildman–Crippen LogP) is 1.68. The molecule has 1 saturated heterocycles. The maximum absolute atomic E-state index is 5.75. The second-order valence-corrected chi connectivity index (χ2v) is 5.79. The van der Waals surface area contributed by atoms with Crippen LogP contribution in [0.2, 0.25) is 0 Å². The molecule has 0 aliphatic carbocycles. The minimum absolute atomic E-state index is 0.564. The van der Waals surface area contributed by atoms with Crippen LogP contribution in [-0.2, 0) is 13.1 Å². The molecular weight excluding hydrogens is 250 g/mol. The molecule has 20 heavy (non-hydrogen) atoms. The number of nitrogens with two attached hydrogens (primary N) is 1. The first-order valence-corrected chi connectivity index (χ1v) is 7.42. The van der Waals surface area contributed by atoms with Crippen molar-refractivity contribution in [1.29, 1.82) is 0 Å². The molecule has 0 spiro atoms. The van der Waals surface area contributed by atoms with E-state index in [2.05, 4.69) is 29.8 Å². The highest BCUT2D eigenvalue weighted by molar-refractivity contribution is 5.37. The molecule has 4 nitrogen and oxygen atoms in total. The highest BCUT2D eigenvalue weighted by Gasteiger charge is 2.20. The SMILES string of the molecule is COc1ccc(CN)cc1CN1CCCN(C)CC1C. The molecule has 2 N–H and O–H groups in total. The van der Waals surface area contributed by atoms with E-state index in [-0.39, 0.29) is 0 Å². The van der Waals surface area contributed by atoms with E-state index in [4.69, 9.17) is 10.5 Å². The van der Waals surface area contributed by atoms with Crippen LogP contribution >= 0.6 is 0 Å². The van der Waals surface area contributed by atoms with E-state index >= 15 is 0 Å². The third kappa shape index (κ3) is 3.72. The Bertz CT molecular complexity index is 436. The molecule has 0 amide bonds. The molecule has 2 rings (SSSR count). The average molecular weight is 277 g/mol. The van der Waals surface area contributed by atoms with Crippen LogP contribution in [0.3, 0.4) is 0 Å². The zero-order valence-electron chi connectivity index (χ0n) is 12.9. The fourth-order valence-electron chi connectivity index (χ4n) is 2.96. The highest BCUT2D eigenvalue weighted by atomic mass is 16.5. The van der Waals surface area contributed by atoms with E-state index in [1.54, 1.807) is 7.11 Å². The standard InChI is InChI=1S/C16H27N3O/c1-13-11-18(2)7-4-8-19(13)12-15-9-14(10-17)5-6-16(15)20-3/h5-6,9,13H,4,7-8,10-12,17H2,1-3H3. The van der Waals surface area contributed by atoms with Gasteiger partial charge in [-0.2, -0.15) is 0 Å². The van der Waals surface area contributed by atoms with Crippen molar-refractivity contribution in [2.24, 2.45) is 5.73 Å². The molecule has 1 aliphatic rings. The number of benzene rings is 1. The van der Waals surface area contributed by atoms with Gasteiger partial charge in [0.25, 0.3) is 0 Å². The molecule has 0 saturated carbocycles. The lowest BCUT2D eigenvalue weighted by Crippen LogP contribution is -2.37. The average Bonchev–Trinajstić information content (AvgIpc) is 2.60. The van der Waals surface area contributed by atoms with Gasteiger partial charge in [-0.15, -0.1) is 0 Å². The van der Waals surface area contributed by atoms with Crippen molar-refractivity contribution in [3.8, 4) is 5.75 Å². The fraction of sp³-hybridized carbons (Fsp3) is 0.625. The lowest BCUT2D eigenvalue weighted by Gasteiger charge is -2.28. The van der Waals surface area contributed by atoms with E-state index in [0.29, 0.717) is 12.6 Å². The number of rotatable bonds is 4. The summed E-state index contributed by atoms with van der Waals surface area (Å²) in [6.07, 6.45) is 1.22. The first kappa shape index (κ1) is 15.3. The van der Waals surface area contributed by atoms with Crippen LogP contribution in [0.5, 0.6) is 5.75 Å². The van der Waals surface area contributed by atoms with E-state index in [0.717, 1.165) is 25.4 Å². The Kier molecular flexibility index (Phi) is 5.40. The Morgan fingerprint density at radius 2 is 2.15 bits per heavy atom. The monoisotopic (exact) mass is 277 g/mol. The lowest BCUT2D eigenvalue weighted by molar-refractivity contribution is 0.192. The van der Waals surface area contributed by atoms with E-state index in [1.807, 2.05) is 12.1 Å². The van der Waals surface area contributed by atoms with Crippen molar-refractivity contribution >= 4 is 0 Å². The molecule has 0 aromatic heterocycles. The zero-order chi connectivity index (χ0) is 14.5. The molecular formula is C16H27N3O. The molecule has 1 fully saturated rings. The molecule has 1 aromatic rings. The summed E-state index contributed by atoms with van der Waals surface area (Å²) in [7, 11) is 3.94. The number of hydrogen-bond donors (Lipinski definition) is 1. The van der Waals surface area contributed by atoms with Gasteiger partial charge in [0.1, 0.15) is 5.75 Å².